The maximum absolute atomic E-state index is 12.6. The first-order chi connectivity index (χ1) is 10.2. The molecule has 1 aliphatic heterocycles. The van der Waals surface area contributed by atoms with Crippen LogP contribution in [0, 0.1) is 11.3 Å². The Balaban J connectivity index is 1.86. The fourth-order valence-corrected chi connectivity index (χ4v) is 3.66. The average Bonchev–Trinajstić information content (AvgIpc) is 2.80. The van der Waals surface area contributed by atoms with Crippen molar-refractivity contribution in [2.75, 3.05) is 0 Å². The van der Waals surface area contributed by atoms with E-state index in [4.69, 9.17) is 0 Å². The van der Waals surface area contributed by atoms with Gasteiger partial charge in [0.05, 0.1) is 17.7 Å². The summed E-state index contributed by atoms with van der Waals surface area (Å²) in [5.41, 5.74) is 6.72. The zero-order valence-electron chi connectivity index (χ0n) is 14.2. The van der Waals surface area contributed by atoms with Crippen molar-refractivity contribution in [2.24, 2.45) is 16.4 Å². The number of hydrogen-bond donors (Lipinski definition) is 1. The number of carbonyl (C=O) groups is 1. The number of carbonyl (C=O) groups excluding carboxylic acids is 1. The number of benzene rings is 1. The maximum Gasteiger partial charge on any atom is 0.144 e. The predicted molar refractivity (Wildman–Crippen MR) is 90.1 cm³/mol. The molecular formula is C19H26N2O. The Morgan fingerprint density at radius 2 is 1.82 bits per heavy atom. The number of rotatable bonds is 1. The number of nitrogens with zero attached hydrogens (tertiary/aromatic N) is 1. The SMILES string of the molecule is CC1(C)CC(=O)[C@H]2C(c3ccc(C(C)(C)C)cc3)=NN[C@@H]2C1. The summed E-state index contributed by atoms with van der Waals surface area (Å²) in [7, 11) is 0. The summed E-state index contributed by atoms with van der Waals surface area (Å²) in [6.07, 6.45) is 1.64. The van der Waals surface area contributed by atoms with Crippen molar-refractivity contribution in [3.8, 4) is 0 Å². The zero-order valence-corrected chi connectivity index (χ0v) is 14.2. The highest BCUT2D eigenvalue weighted by Gasteiger charge is 2.46. The number of hydrogen-bond acceptors (Lipinski definition) is 3. The second kappa shape index (κ2) is 4.94. The molecule has 118 valence electrons. The standard InChI is InChI=1S/C19H26N2O/c1-18(2,3)13-8-6-12(7-9-13)17-16-14(20-21-17)10-19(4,5)11-15(16)22/h6-9,14,16,20H,10-11H2,1-5H3/t14-,16+/m1/s1. The summed E-state index contributed by atoms with van der Waals surface area (Å²) in [6, 6.07) is 8.69. The van der Waals surface area contributed by atoms with Crippen molar-refractivity contribution in [2.45, 2.75) is 58.9 Å². The first-order valence-corrected chi connectivity index (χ1v) is 8.14. The van der Waals surface area contributed by atoms with E-state index in [1.807, 2.05) is 0 Å². The molecule has 0 bridgehead atoms. The molecule has 0 spiro atoms. The normalized spacial score (nSPS) is 27.1. The Bertz CT molecular complexity index is 620. The lowest BCUT2D eigenvalue weighted by Crippen LogP contribution is -2.45. The molecule has 1 N–H and O–H groups in total. The second-order valence-corrected chi connectivity index (χ2v) is 8.55. The van der Waals surface area contributed by atoms with E-state index in [0.717, 1.165) is 17.7 Å². The number of fused-ring (bicyclic) bond motifs is 1. The van der Waals surface area contributed by atoms with E-state index in [-0.39, 0.29) is 22.8 Å². The van der Waals surface area contributed by atoms with E-state index < -0.39 is 0 Å². The van der Waals surface area contributed by atoms with Gasteiger partial charge >= 0.3 is 0 Å². The molecule has 0 amide bonds. The van der Waals surface area contributed by atoms with E-state index in [9.17, 15) is 4.79 Å². The summed E-state index contributed by atoms with van der Waals surface area (Å²) in [5, 5.41) is 4.50. The summed E-state index contributed by atoms with van der Waals surface area (Å²) in [6.45, 7) is 11.0. The largest absolute Gasteiger partial charge is 0.306 e. The van der Waals surface area contributed by atoms with Gasteiger partial charge in [0.25, 0.3) is 0 Å². The van der Waals surface area contributed by atoms with Gasteiger partial charge in [-0.2, -0.15) is 5.10 Å². The lowest BCUT2D eigenvalue weighted by molar-refractivity contribution is -0.126. The Hall–Kier alpha value is -1.64. The van der Waals surface area contributed by atoms with Gasteiger partial charge in [0.15, 0.2) is 0 Å². The van der Waals surface area contributed by atoms with Crippen LogP contribution in [0.1, 0.15) is 58.6 Å². The number of Topliss-reactive ketones (excluding diaryl/α,β-unsaturated/α-hetero) is 1. The van der Waals surface area contributed by atoms with E-state index in [2.05, 4.69) is 69.4 Å². The third-order valence-corrected chi connectivity index (χ3v) is 4.87. The summed E-state index contributed by atoms with van der Waals surface area (Å²) >= 11 is 0. The minimum atomic E-state index is -0.0755. The first kappa shape index (κ1) is 15.3. The third kappa shape index (κ3) is 2.69. The average molecular weight is 298 g/mol. The van der Waals surface area contributed by atoms with Crippen molar-refractivity contribution in [1.82, 2.24) is 5.43 Å². The van der Waals surface area contributed by atoms with Crippen molar-refractivity contribution in [3.63, 3.8) is 0 Å². The predicted octanol–water partition coefficient (Wildman–Crippen LogP) is 3.67. The molecule has 3 rings (SSSR count). The van der Waals surface area contributed by atoms with Crippen LogP contribution in [-0.4, -0.2) is 17.5 Å². The maximum atomic E-state index is 12.6. The molecule has 1 aromatic rings. The van der Waals surface area contributed by atoms with Gasteiger partial charge in [-0.1, -0.05) is 58.9 Å². The Kier molecular flexibility index (Phi) is 3.42. The summed E-state index contributed by atoms with van der Waals surface area (Å²) in [5.74, 6) is 0.249. The van der Waals surface area contributed by atoms with Crippen LogP contribution in [0.4, 0.5) is 0 Å². The molecule has 3 nitrogen and oxygen atoms in total. The second-order valence-electron chi connectivity index (χ2n) is 8.55. The van der Waals surface area contributed by atoms with E-state index in [1.54, 1.807) is 0 Å². The van der Waals surface area contributed by atoms with Crippen LogP contribution in [0.3, 0.4) is 0 Å². The Morgan fingerprint density at radius 3 is 2.41 bits per heavy atom. The van der Waals surface area contributed by atoms with Gasteiger partial charge in [0, 0.05) is 6.42 Å². The van der Waals surface area contributed by atoms with Crippen molar-refractivity contribution in [1.29, 1.82) is 0 Å². The molecule has 1 heterocycles. The highest BCUT2D eigenvalue weighted by Crippen LogP contribution is 2.39. The lowest BCUT2D eigenvalue weighted by Gasteiger charge is -2.36. The van der Waals surface area contributed by atoms with Gasteiger partial charge in [-0.15, -0.1) is 0 Å². The molecule has 0 radical (unpaired) electrons. The molecule has 1 aliphatic carbocycles. The number of ketones is 1. The minimum Gasteiger partial charge on any atom is -0.306 e. The lowest BCUT2D eigenvalue weighted by atomic mass is 9.68. The van der Waals surface area contributed by atoms with Crippen LogP contribution < -0.4 is 5.43 Å². The smallest absolute Gasteiger partial charge is 0.144 e. The molecule has 22 heavy (non-hydrogen) atoms. The van der Waals surface area contributed by atoms with Gasteiger partial charge in [0.1, 0.15) is 5.78 Å². The van der Waals surface area contributed by atoms with Crippen LogP contribution >= 0.6 is 0 Å². The topological polar surface area (TPSA) is 41.5 Å². The van der Waals surface area contributed by atoms with Gasteiger partial charge in [-0.25, -0.2) is 0 Å². The van der Waals surface area contributed by atoms with Crippen LogP contribution in [-0.2, 0) is 10.2 Å². The molecule has 0 aromatic heterocycles. The fraction of sp³-hybridized carbons (Fsp3) is 0.579. The quantitative estimate of drug-likeness (QED) is 0.859. The molecule has 2 aliphatic rings. The first-order valence-electron chi connectivity index (χ1n) is 8.14. The van der Waals surface area contributed by atoms with Crippen LogP contribution in [0.15, 0.2) is 29.4 Å². The van der Waals surface area contributed by atoms with Crippen LogP contribution in [0.2, 0.25) is 0 Å². The Morgan fingerprint density at radius 1 is 1.18 bits per heavy atom. The highest BCUT2D eigenvalue weighted by molar-refractivity contribution is 6.15. The molecule has 0 saturated heterocycles. The van der Waals surface area contributed by atoms with Crippen LogP contribution in [0.5, 0.6) is 0 Å². The van der Waals surface area contributed by atoms with E-state index in [1.165, 1.54) is 5.56 Å². The summed E-state index contributed by atoms with van der Waals surface area (Å²) in [4.78, 5) is 12.6. The van der Waals surface area contributed by atoms with Gasteiger partial charge < -0.3 is 5.43 Å². The van der Waals surface area contributed by atoms with Crippen molar-refractivity contribution in [3.05, 3.63) is 35.4 Å². The number of nitrogens with one attached hydrogen (secondary N) is 1. The fourth-order valence-electron chi connectivity index (χ4n) is 3.66. The molecule has 1 saturated carbocycles. The van der Waals surface area contributed by atoms with Gasteiger partial charge in [0.2, 0.25) is 0 Å². The van der Waals surface area contributed by atoms with E-state index >= 15 is 0 Å². The molecule has 2 atom stereocenters. The van der Waals surface area contributed by atoms with Crippen LogP contribution in [0.25, 0.3) is 0 Å². The van der Waals surface area contributed by atoms with Gasteiger partial charge in [-0.3, -0.25) is 4.79 Å². The highest BCUT2D eigenvalue weighted by atomic mass is 16.1. The molecule has 0 unspecified atom stereocenters. The molecule has 1 fully saturated rings. The minimum absolute atomic E-state index is 0.0755. The molecule has 1 aromatic carbocycles. The number of hydrazone groups is 1. The Labute approximate surface area is 133 Å². The molecule has 3 heteroatoms. The van der Waals surface area contributed by atoms with E-state index in [0.29, 0.717) is 12.2 Å². The monoisotopic (exact) mass is 298 g/mol. The molecular weight excluding hydrogens is 272 g/mol. The third-order valence-electron chi connectivity index (χ3n) is 4.87. The summed E-state index contributed by atoms with van der Waals surface area (Å²) < 4.78 is 0. The van der Waals surface area contributed by atoms with Gasteiger partial charge in [-0.05, 0) is 28.4 Å². The zero-order chi connectivity index (χ0) is 16.1. The van der Waals surface area contributed by atoms with Crippen molar-refractivity contribution < 1.29 is 4.79 Å². The van der Waals surface area contributed by atoms with Crippen molar-refractivity contribution >= 4 is 11.5 Å².